The molecule has 5 nitrogen and oxygen atoms in total. The zero-order chi connectivity index (χ0) is 18.0. The normalized spacial score (nSPS) is 10.9. The van der Waals surface area contributed by atoms with Crippen molar-refractivity contribution in [2.45, 2.75) is 27.3 Å². The van der Waals surface area contributed by atoms with E-state index in [4.69, 9.17) is 16.3 Å². The van der Waals surface area contributed by atoms with Gasteiger partial charge in [-0.3, -0.25) is 9.48 Å². The number of esters is 1. The highest BCUT2D eigenvalue weighted by atomic mass is 35.5. The number of halogens is 1. The first kappa shape index (κ1) is 17.3. The summed E-state index contributed by atoms with van der Waals surface area (Å²) in [5, 5.41) is 4.90. The SMILES string of the molecule is CCOC(=O)Cn1nc(C)c(Cl)c1-c1ccc(-c2cccc(C)c2)[nH]1. The van der Waals surface area contributed by atoms with Crippen LogP contribution in [0.2, 0.25) is 5.02 Å². The lowest BCUT2D eigenvalue weighted by Gasteiger charge is -2.06. The van der Waals surface area contributed by atoms with Gasteiger partial charge in [0.15, 0.2) is 0 Å². The summed E-state index contributed by atoms with van der Waals surface area (Å²) in [6.45, 7) is 6.01. The molecule has 0 aliphatic rings. The van der Waals surface area contributed by atoms with Crippen molar-refractivity contribution in [3.63, 3.8) is 0 Å². The third-order valence-corrected chi connectivity index (χ3v) is 4.36. The van der Waals surface area contributed by atoms with Crippen LogP contribution in [0.25, 0.3) is 22.6 Å². The molecule has 0 unspecified atom stereocenters. The number of aryl methyl sites for hydroxylation is 2. The van der Waals surface area contributed by atoms with Crippen molar-refractivity contribution in [1.82, 2.24) is 14.8 Å². The van der Waals surface area contributed by atoms with Crippen LogP contribution in [0.5, 0.6) is 0 Å². The molecule has 2 heterocycles. The Bertz CT molecular complexity index is 911. The number of benzene rings is 1. The zero-order valence-corrected chi connectivity index (χ0v) is 15.2. The molecular formula is C19H20ClN3O2. The van der Waals surface area contributed by atoms with E-state index in [0.29, 0.717) is 23.0 Å². The van der Waals surface area contributed by atoms with E-state index < -0.39 is 0 Å². The molecule has 0 aliphatic heterocycles. The minimum Gasteiger partial charge on any atom is -0.465 e. The number of carbonyl (C=O) groups is 1. The maximum absolute atomic E-state index is 11.8. The number of ether oxygens (including phenoxy) is 1. The Morgan fingerprint density at radius 2 is 2.00 bits per heavy atom. The van der Waals surface area contributed by atoms with Gasteiger partial charge in [0.05, 0.1) is 23.0 Å². The molecule has 3 rings (SSSR count). The molecule has 2 aromatic heterocycles. The van der Waals surface area contributed by atoms with Crippen molar-refractivity contribution in [2.24, 2.45) is 0 Å². The molecule has 0 saturated heterocycles. The molecule has 130 valence electrons. The van der Waals surface area contributed by atoms with Crippen molar-refractivity contribution < 1.29 is 9.53 Å². The van der Waals surface area contributed by atoms with Gasteiger partial charge in [0.25, 0.3) is 0 Å². The van der Waals surface area contributed by atoms with Crippen molar-refractivity contribution in [1.29, 1.82) is 0 Å². The Morgan fingerprint density at radius 3 is 2.72 bits per heavy atom. The summed E-state index contributed by atoms with van der Waals surface area (Å²) in [4.78, 5) is 15.2. The molecule has 3 aromatic rings. The quantitative estimate of drug-likeness (QED) is 0.689. The molecule has 0 spiro atoms. The van der Waals surface area contributed by atoms with Crippen LogP contribution in [0.3, 0.4) is 0 Å². The van der Waals surface area contributed by atoms with Crippen molar-refractivity contribution in [3.8, 4) is 22.6 Å². The lowest BCUT2D eigenvalue weighted by Crippen LogP contribution is -2.15. The predicted molar refractivity (Wildman–Crippen MR) is 98.6 cm³/mol. The second kappa shape index (κ2) is 7.15. The molecule has 0 bridgehead atoms. The van der Waals surface area contributed by atoms with Gasteiger partial charge >= 0.3 is 5.97 Å². The molecule has 0 aliphatic carbocycles. The van der Waals surface area contributed by atoms with Crippen LogP contribution in [0.4, 0.5) is 0 Å². The summed E-state index contributed by atoms with van der Waals surface area (Å²) < 4.78 is 6.61. The van der Waals surface area contributed by atoms with E-state index in [2.05, 4.69) is 29.1 Å². The van der Waals surface area contributed by atoms with Gasteiger partial charge in [0.2, 0.25) is 0 Å². The highest BCUT2D eigenvalue weighted by Crippen LogP contribution is 2.32. The average Bonchev–Trinajstić information content (AvgIpc) is 3.13. The van der Waals surface area contributed by atoms with E-state index >= 15 is 0 Å². The first-order valence-electron chi connectivity index (χ1n) is 8.14. The fourth-order valence-electron chi connectivity index (χ4n) is 2.77. The standard InChI is InChI=1S/C19H20ClN3O2/c1-4-25-17(24)11-23-19(18(20)13(3)22-23)16-9-8-15(21-16)14-7-5-6-12(2)10-14/h5-10,21H,4,11H2,1-3H3. The van der Waals surface area contributed by atoms with Gasteiger partial charge in [-0.05, 0) is 44.5 Å². The number of carbonyl (C=O) groups excluding carboxylic acids is 1. The fourth-order valence-corrected chi connectivity index (χ4v) is 3.01. The number of nitrogens with one attached hydrogen (secondary N) is 1. The molecule has 1 aromatic carbocycles. The van der Waals surface area contributed by atoms with Gasteiger partial charge in [-0.2, -0.15) is 5.10 Å². The van der Waals surface area contributed by atoms with E-state index in [1.54, 1.807) is 11.6 Å². The van der Waals surface area contributed by atoms with Crippen LogP contribution >= 0.6 is 11.6 Å². The smallest absolute Gasteiger partial charge is 0.327 e. The summed E-state index contributed by atoms with van der Waals surface area (Å²) in [7, 11) is 0. The highest BCUT2D eigenvalue weighted by Gasteiger charge is 2.19. The molecule has 0 saturated carbocycles. The Morgan fingerprint density at radius 1 is 1.24 bits per heavy atom. The Hall–Kier alpha value is -2.53. The van der Waals surface area contributed by atoms with Gasteiger partial charge in [-0.1, -0.05) is 35.4 Å². The molecule has 25 heavy (non-hydrogen) atoms. The Kier molecular flexibility index (Phi) is 4.95. The monoisotopic (exact) mass is 357 g/mol. The van der Waals surface area contributed by atoms with E-state index in [1.807, 2.05) is 31.2 Å². The van der Waals surface area contributed by atoms with Gasteiger partial charge in [-0.25, -0.2) is 0 Å². The van der Waals surface area contributed by atoms with E-state index in [-0.39, 0.29) is 12.5 Å². The van der Waals surface area contributed by atoms with Crippen molar-refractivity contribution in [3.05, 3.63) is 52.7 Å². The number of rotatable bonds is 5. The predicted octanol–water partition coefficient (Wildman–Crippen LogP) is 4.38. The second-order valence-corrected chi connectivity index (χ2v) is 6.24. The number of aromatic nitrogens is 3. The van der Waals surface area contributed by atoms with E-state index in [0.717, 1.165) is 17.0 Å². The van der Waals surface area contributed by atoms with Gasteiger partial charge < -0.3 is 9.72 Å². The first-order valence-corrected chi connectivity index (χ1v) is 8.52. The third-order valence-electron chi connectivity index (χ3n) is 3.91. The molecule has 0 fully saturated rings. The molecule has 0 radical (unpaired) electrons. The summed E-state index contributed by atoms with van der Waals surface area (Å²) >= 11 is 6.43. The lowest BCUT2D eigenvalue weighted by molar-refractivity contribution is -0.144. The molecule has 0 atom stereocenters. The molecule has 6 heteroatoms. The average molecular weight is 358 g/mol. The summed E-state index contributed by atoms with van der Waals surface area (Å²) in [6.07, 6.45) is 0. The minimum absolute atomic E-state index is 0.0233. The summed E-state index contributed by atoms with van der Waals surface area (Å²) in [5.74, 6) is -0.339. The largest absolute Gasteiger partial charge is 0.465 e. The molecular weight excluding hydrogens is 338 g/mol. The van der Waals surface area contributed by atoms with Crippen LogP contribution in [-0.2, 0) is 16.1 Å². The number of hydrogen-bond donors (Lipinski definition) is 1. The van der Waals surface area contributed by atoms with E-state index in [1.165, 1.54) is 5.56 Å². The van der Waals surface area contributed by atoms with Crippen LogP contribution in [0.1, 0.15) is 18.2 Å². The van der Waals surface area contributed by atoms with Gasteiger partial charge in [0.1, 0.15) is 12.2 Å². The van der Waals surface area contributed by atoms with Crippen LogP contribution in [0, 0.1) is 13.8 Å². The molecule has 1 N–H and O–H groups in total. The lowest BCUT2D eigenvalue weighted by atomic mass is 10.1. The Labute approximate surface area is 151 Å². The zero-order valence-electron chi connectivity index (χ0n) is 14.5. The number of nitrogens with zero attached hydrogens (tertiary/aromatic N) is 2. The number of H-pyrrole nitrogens is 1. The number of hydrogen-bond acceptors (Lipinski definition) is 3. The molecule has 0 amide bonds. The van der Waals surface area contributed by atoms with Crippen LogP contribution in [-0.4, -0.2) is 27.3 Å². The van der Waals surface area contributed by atoms with Crippen LogP contribution < -0.4 is 0 Å². The Balaban J connectivity index is 1.98. The fraction of sp³-hybridized carbons (Fsp3) is 0.263. The first-order chi connectivity index (χ1) is 12.0. The van der Waals surface area contributed by atoms with Crippen molar-refractivity contribution in [2.75, 3.05) is 6.61 Å². The number of aromatic amines is 1. The summed E-state index contributed by atoms with van der Waals surface area (Å²) in [5.41, 5.74) is 5.44. The highest BCUT2D eigenvalue weighted by molar-refractivity contribution is 6.33. The second-order valence-electron chi connectivity index (χ2n) is 5.87. The third kappa shape index (κ3) is 3.61. The maximum Gasteiger partial charge on any atom is 0.327 e. The van der Waals surface area contributed by atoms with Gasteiger partial charge in [0, 0.05) is 5.69 Å². The van der Waals surface area contributed by atoms with Crippen LogP contribution in [0.15, 0.2) is 36.4 Å². The van der Waals surface area contributed by atoms with Gasteiger partial charge in [-0.15, -0.1) is 0 Å². The minimum atomic E-state index is -0.339. The summed E-state index contributed by atoms with van der Waals surface area (Å²) in [6, 6.07) is 12.2. The van der Waals surface area contributed by atoms with Crippen molar-refractivity contribution >= 4 is 17.6 Å². The maximum atomic E-state index is 11.8. The van der Waals surface area contributed by atoms with E-state index in [9.17, 15) is 4.79 Å². The topological polar surface area (TPSA) is 59.9 Å².